The number of halogens is 1. The van der Waals surface area contributed by atoms with E-state index in [4.69, 9.17) is 0 Å². The molecule has 0 saturated heterocycles. The Balaban J connectivity index is 1.68. The highest BCUT2D eigenvalue weighted by Gasteiger charge is 2.10. The van der Waals surface area contributed by atoms with E-state index >= 15 is 0 Å². The number of hydrogen-bond acceptors (Lipinski definition) is 5. The number of aromatic nitrogens is 2. The Morgan fingerprint density at radius 1 is 0.923 bits per heavy atom. The topological polar surface area (TPSA) is 84.0 Å². The van der Waals surface area contributed by atoms with E-state index in [1.165, 1.54) is 25.1 Å². The average molecular weight is 350 g/mol. The van der Waals surface area contributed by atoms with Crippen LogP contribution >= 0.6 is 0 Å². The molecule has 2 aromatic carbocycles. The first kappa shape index (κ1) is 17.2. The zero-order valence-corrected chi connectivity index (χ0v) is 13.9. The Morgan fingerprint density at radius 2 is 1.69 bits per heavy atom. The lowest BCUT2D eigenvalue weighted by atomic mass is 10.1. The number of rotatable bonds is 5. The van der Waals surface area contributed by atoms with Gasteiger partial charge in [0.25, 0.3) is 5.91 Å². The molecule has 0 aliphatic carbocycles. The van der Waals surface area contributed by atoms with Crippen molar-refractivity contribution in [2.24, 2.45) is 0 Å². The fraction of sp³-hybridized carbons (Fsp3) is 0.0526. The zero-order valence-electron chi connectivity index (χ0n) is 13.9. The lowest BCUT2D eigenvalue weighted by Crippen LogP contribution is -2.15. The molecule has 1 amide bonds. The van der Waals surface area contributed by atoms with Crippen molar-refractivity contribution in [3.8, 4) is 0 Å². The number of nitrogens with zero attached hydrogens (tertiary/aromatic N) is 2. The monoisotopic (exact) mass is 350 g/mol. The molecule has 7 heteroatoms. The summed E-state index contributed by atoms with van der Waals surface area (Å²) in [5, 5.41) is 13.4. The Labute approximate surface area is 149 Å². The normalized spacial score (nSPS) is 10.2. The standard InChI is InChI=1S/C19H15FN4O2/c1-12(25)13-3-2-4-16(11-13)22-19(26)17-9-10-18(24-23-17)21-15-7-5-14(20)6-8-15/h2-11H,1H3,(H,21,24)(H,22,26). The molecule has 0 fully saturated rings. The van der Waals surface area contributed by atoms with Crippen LogP contribution in [0.3, 0.4) is 0 Å². The molecule has 6 nitrogen and oxygen atoms in total. The predicted molar refractivity (Wildman–Crippen MR) is 96.1 cm³/mol. The molecule has 1 aromatic heterocycles. The molecule has 0 radical (unpaired) electrons. The minimum Gasteiger partial charge on any atom is -0.339 e. The fourth-order valence-corrected chi connectivity index (χ4v) is 2.21. The van der Waals surface area contributed by atoms with E-state index in [1.807, 2.05) is 0 Å². The number of amides is 1. The Bertz CT molecular complexity index is 941. The van der Waals surface area contributed by atoms with Crippen molar-refractivity contribution in [1.29, 1.82) is 0 Å². The van der Waals surface area contributed by atoms with Crippen molar-refractivity contribution < 1.29 is 14.0 Å². The van der Waals surface area contributed by atoms with E-state index in [9.17, 15) is 14.0 Å². The number of Topliss-reactive ketones (excluding diaryl/α,β-unsaturated/α-hetero) is 1. The summed E-state index contributed by atoms with van der Waals surface area (Å²) in [6, 6.07) is 15.5. The second kappa shape index (κ2) is 7.52. The largest absolute Gasteiger partial charge is 0.339 e. The molecule has 0 unspecified atom stereocenters. The number of anilines is 3. The number of hydrogen-bond donors (Lipinski definition) is 2. The molecule has 0 aliphatic rings. The number of carbonyl (C=O) groups excluding carboxylic acids is 2. The van der Waals surface area contributed by atoms with Crippen molar-refractivity contribution in [1.82, 2.24) is 10.2 Å². The van der Waals surface area contributed by atoms with Gasteiger partial charge in [-0.25, -0.2) is 4.39 Å². The summed E-state index contributed by atoms with van der Waals surface area (Å²) in [6.07, 6.45) is 0. The first-order valence-corrected chi connectivity index (χ1v) is 7.80. The summed E-state index contributed by atoms with van der Waals surface area (Å²) in [5.41, 5.74) is 1.78. The summed E-state index contributed by atoms with van der Waals surface area (Å²) >= 11 is 0. The summed E-state index contributed by atoms with van der Waals surface area (Å²) in [5.74, 6) is -0.433. The van der Waals surface area contributed by atoms with Gasteiger partial charge in [0.05, 0.1) is 0 Å². The minimum atomic E-state index is -0.438. The highest BCUT2D eigenvalue weighted by Crippen LogP contribution is 2.15. The van der Waals surface area contributed by atoms with Gasteiger partial charge in [-0.1, -0.05) is 12.1 Å². The molecule has 3 rings (SSSR count). The van der Waals surface area contributed by atoms with Crippen LogP contribution in [0.25, 0.3) is 0 Å². The van der Waals surface area contributed by atoms with Crippen LogP contribution in [-0.4, -0.2) is 21.9 Å². The third kappa shape index (κ3) is 4.27. The van der Waals surface area contributed by atoms with E-state index in [2.05, 4.69) is 20.8 Å². The van der Waals surface area contributed by atoms with Gasteiger partial charge in [-0.3, -0.25) is 9.59 Å². The van der Waals surface area contributed by atoms with Crippen molar-refractivity contribution in [3.05, 3.63) is 77.7 Å². The molecule has 0 aliphatic heterocycles. The van der Waals surface area contributed by atoms with Crippen molar-refractivity contribution in [2.75, 3.05) is 10.6 Å². The molecule has 1 heterocycles. The average Bonchev–Trinajstić information content (AvgIpc) is 2.64. The van der Waals surface area contributed by atoms with Crippen LogP contribution in [0.4, 0.5) is 21.6 Å². The quantitative estimate of drug-likeness (QED) is 0.684. The Morgan fingerprint density at radius 3 is 2.35 bits per heavy atom. The number of carbonyl (C=O) groups is 2. The highest BCUT2D eigenvalue weighted by atomic mass is 19.1. The van der Waals surface area contributed by atoms with E-state index in [1.54, 1.807) is 42.5 Å². The van der Waals surface area contributed by atoms with Gasteiger partial charge < -0.3 is 10.6 Å². The van der Waals surface area contributed by atoms with Crippen molar-refractivity contribution >= 4 is 28.9 Å². The molecule has 3 aromatic rings. The van der Waals surface area contributed by atoms with Crippen LogP contribution in [0.1, 0.15) is 27.8 Å². The molecule has 2 N–H and O–H groups in total. The van der Waals surface area contributed by atoms with Gasteiger partial charge in [0.1, 0.15) is 5.82 Å². The van der Waals surface area contributed by atoms with Crippen molar-refractivity contribution in [2.45, 2.75) is 6.92 Å². The lowest BCUT2D eigenvalue weighted by Gasteiger charge is -2.07. The number of nitrogens with one attached hydrogen (secondary N) is 2. The highest BCUT2D eigenvalue weighted by molar-refractivity contribution is 6.03. The fourth-order valence-electron chi connectivity index (χ4n) is 2.21. The first-order valence-electron chi connectivity index (χ1n) is 7.80. The number of benzene rings is 2. The van der Waals surface area contributed by atoms with Gasteiger partial charge in [0, 0.05) is 16.9 Å². The molecular weight excluding hydrogens is 335 g/mol. The molecule has 0 atom stereocenters. The molecule has 130 valence electrons. The van der Waals surface area contributed by atoms with Crippen LogP contribution < -0.4 is 10.6 Å². The molecule has 0 bridgehead atoms. The van der Waals surface area contributed by atoms with Gasteiger partial charge in [-0.2, -0.15) is 0 Å². The van der Waals surface area contributed by atoms with E-state index < -0.39 is 5.91 Å². The van der Waals surface area contributed by atoms with Gasteiger partial charge in [0.2, 0.25) is 0 Å². The van der Waals surface area contributed by atoms with Crippen LogP contribution in [0.5, 0.6) is 0 Å². The van der Waals surface area contributed by atoms with Crippen LogP contribution in [0, 0.1) is 5.82 Å². The first-order chi connectivity index (χ1) is 12.5. The Hall–Kier alpha value is -3.61. The summed E-state index contributed by atoms with van der Waals surface area (Å²) < 4.78 is 12.9. The lowest BCUT2D eigenvalue weighted by molar-refractivity contribution is 0.100. The second-order valence-corrected chi connectivity index (χ2v) is 5.53. The van der Waals surface area contributed by atoms with Gasteiger partial charge in [0.15, 0.2) is 17.3 Å². The smallest absolute Gasteiger partial charge is 0.276 e. The predicted octanol–water partition coefficient (Wildman–Crippen LogP) is 3.81. The Kier molecular flexibility index (Phi) is 4.98. The summed E-state index contributed by atoms with van der Waals surface area (Å²) in [7, 11) is 0. The van der Waals surface area contributed by atoms with Crippen LogP contribution in [0.15, 0.2) is 60.7 Å². The van der Waals surface area contributed by atoms with E-state index in [0.29, 0.717) is 22.8 Å². The van der Waals surface area contributed by atoms with E-state index in [-0.39, 0.29) is 17.3 Å². The molecule has 0 saturated carbocycles. The maximum atomic E-state index is 12.9. The summed E-state index contributed by atoms with van der Waals surface area (Å²) in [6.45, 7) is 1.46. The van der Waals surface area contributed by atoms with Gasteiger partial charge in [-0.15, -0.1) is 10.2 Å². The third-order valence-electron chi connectivity index (χ3n) is 3.54. The second-order valence-electron chi connectivity index (χ2n) is 5.53. The van der Waals surface area contributed by atoms with Gasteiger partial charge in [-0.05, 0) is 55.5 Å². The maximum Gasteiger partial charge on any atom is 0.276 e. The van der Waals surface area contributed by atoms with E-state index in [0.717, 1.165) is 0 Å². The minimum absolute atomic E-state index is 0.0860. The maximum absolute atomic E-state index is 12.9. The van der Waals surface area contributed by atoms with Crippen LogP contribution in [-0.2, 0) is 0 Å². The van der Waals surface area contributed by atoms with Gasteiger partial charge >= 0.3 is 0 Å². The number of ketones is 1. The SMILES string of the molecule is CC(=O)c1cccc(NC(=O)c2ccc(Nc3ccc(F)cc3)nn2)c1. The molecule has 0 spiro atoms. The van der Waals surface area contributed by atoms with Crippen molar-refractivity contribution in [3.63, 3.8) is 0 Å². The molecular formula is C19H15FN4O2. The summed E-state index contributed by atoms with van der Waals surface area (Å²) in [4.78, 5) is 23.6. The molecule has 26 heavy (non-hydrogen) atoms. The zero-order chi connectivity index (χ0) is 18.5. The third-order valence-corrected chi connectivity index (χ3v) is 3.54. The van der Waals surface area contributed by atoms with Crippen LogP contribution in [0.2, 0.25) is 0 Å².